The van der Waals surface area contributed by atoms with Crippen molar-refractivity contribution in [3.63, 3.8) is 0 Å². The number of hydrogen-bond acceptors (Lipinski definition) is 2. The van der Waals surface area contributed by atoms with Gasteiger partial charge >= 0.3 is 5.97 Å². The fraction of sp³-hybridized carbons (Fsp3) is 0.333. The van der Waals surface area contributed by atoms with Gasteiger partial charge in [0.1, 0.15) is 0 Å². The molecule has 0 aliphatic carbocycles. The average Bonchev–Trinajstić information content (AvgIpc) is 2.08. The smallest absolute Gasteiger partial charge is 0.306 e. The van der Waals surface area contributed by atoms with Crippen molar-refractivity contribution in [1.82, 2.24) is 4.98 Å². The summed E-state index contributed by atoms with van der Waals surface area (Å²) in [4.78, 5) is 14.6. The van der Waals surface area contributed by atoms with Crippen molar-refractivity contribution in [2.24, 2.45) is 5.92 Å². The molecule has 1 unspecified atom stereocenters. The molecule has 0 saturated heterocycles. The number of carboxylic acid groups (broad SMARTS) is 1. The van der Waals surface area contributed by atoms with Crippen LogP contribution in [0.1, 0.15) is 12.6 Å². The summed E-state index contributed by atoms with van der Waals surface area (Å²) in [5.41, 5.74) is 0.804. The molecule has 0 fully saturated rings. The Labute approximate surface area is 84.9 Å². The van der Waals surface area contributed by atoms with Crippen molar-refractivity contribution in [3.05, 3.63) is 28.5 Å². The zero-order valence-electron chi connectivity index (χ0n) is 7.20. The Balaban J connectivity index is 2.64. The number of nitrogens with zero attached hydrogens (tertiary/aromatic N) is 1. The molecule has 1 rings (SSSR count). The summed E-state index contributed by atoms with van der Waals surface area (Å²) in [6.07, 6.45) is 2.15. The highest BCUT2D eigenvalue weighted by molar-refractivity contribution is 9.10. The van der Waals surface area contributed by atoms with Crippen LogP contribution in [0.25, 0.3) is 0 Å². The van der Waals surface area contributed by atoms with Crippen LogP contribution in [0.3, 0.4) is 0 Å². The number of aromatic nitrogens is 1. The number of rotatable bonds is 3. The van der Waals surface area contributed by atoms with E-state index < -0.39 is 5.97 Å². The molecule has 0 aliphatic rings. The fourth-order valence-corrected chi connectivity index (χ4v) is 1.16. The second-order valence-corrected chi connectivity index (χ2v) is 3.83. The normalized spacial score (nSPS) is 12.5. The maximum Gasteiger partial charge on any atom is 0.306 e. The van der Waals surface area contributed by atoms with Crippen molar-refractivity contribution in [2.75, 3.05) is 0 Å². The summed E-state index contributed by atoms with van der Waals surface area (Å²) < 4.78 is 0.902. The van der Waals surface area contributed by atoms with Crippen molar-refractivity contribution in [2.45, 2.75) is 13.3 Å². The van der Waals surface area contributed by atoms with Crippen molar-refractivity contribution in [3.8, 4) is 0 Å². The topological polar surface area (TPSA) is 50.2 Å². The maximum atomic E-state index is 10.5. The standard InChI is InChI=1S/C9H10BrNO2/c1-6(9(12)13)4-8-3-2-7(10)5-11-8/h2-3,5-6H,4H2,1H3,(H,12,13). The van der Waals surface area contributed by atoms with Crippen molar-refractivity contribution in [1.29, 1.82) is 0 Å². The van der Waals surface area contributed by atoms with Crippen LogP contribution >= 0.6 is 15.9 Å². The predicted molar refractivity (Wildman–Crippen MR) is 52.4 cm³/mol. The molecule has 1 atom stereocenters. The summed E-state index contributed by atoms with van der Waals surface area (Å²) in [7, 11) is 0. The monoisotopic (exact) mass is 243 g/mol. The second-order valence-electron chi connectivity index (χ2n) is 2.91. The first-order chi connectivity index (χ1) is 6.09. The fourth-order valence-electron chi connectivity index (χ4n) is 0.928. The molecular weight excluding hydrogens is 234 g/mol. The van der Waals surface area contributed by atoms with E-state index in [2.05, 4.69) is 20.9 Å². The minimum atomic E-state index is -0.787. The number of halogens is 1. The van der Waals surface area contributed by atoms with Gasteiger partial charge in [-0.2, -0.15) is 0 Å². The number of aliphatic carboxylic acids is 1. The Morgan fingerprint density at radius 1 is 1.69 bits per heavy atom. The van der Waals surface area contributed by atoms with Gasteiger partial charge in [0.25, 0.3) is 0 Å². The number of hydrogen-bond donors (Lipinski definition) is 1. The summed E-state index contributed by atoms with van der Waals surface area (Å²) in [5, 5.41) is 8.66. The van der Waals surface area contributed by atoms with Gasteiger partial charge in [-0.1, -0.05) is 6.92 Å². The van der Waals surface area contributed by atoms with E-state index in [1.165, 1.54) is 0 Å². The minimum absolute atomic E-state index is 0.381. The lowest BCUT2D eigenvalue weighted by atomic mass is 10.1. The van der Waals surface area contributed by atoms with E-state index in [0.717, 1.165) is 10.2 Å². The molecule has 3 nitrogen and oxygen atoms in total. The molecule has 0 spiro atoms. The van der Waals surface area contributed by atoms with Gasteiger partial charge in [-0.3, -0.25) is 9.78 Å². The SMILES string of the molecule is CC(Cc1ccc(Br)cn1)C(=O)O. The summed E-state index contributed by atoms with van der Waals surface area (Å²) in [6, 6.07) is 3.68. The largest absolute Gasteiger partial charge is 0.481 e. The summed E-state index contributed by atoms with van der Waals surface area (Å²) >= 11 is 3.26. The van der Waals surface area contributed by atoms with Gasteiger partial charge in [0, 0.05) is 22.8 Å². The predicted octanol–water partition coefficient (Wildman–Crippen LogP) is 2.11. The van der Waals surface area contributed by atoms with E-state index in [0.29, 0.717) is 6.42 Å². The van der Waals surface area contributed by atoms with Gasteiger partial charge in [-0.25, -0.2) is 0 Å². The van der Waals surface area contributed by atoms with Gasteiger partial charge in [-0.15, -0.1) is 0 Å². The first-order valence-corrected chi connectivity index (χ1v) is 4.72. The lowest BCUT2D eigenvalue weighted by Gasteiger charge is -2.04. The van der Waals surface area contributed by atoms with Crippen LogP contribution in [0.4, 0.5) is 0 Å². The molecular formula is C9H10BrNO2. The van der Waals surface area contributed by atoms with Gasteiger partial charge in [0.05, 0.1) is 5.92 Å². The van der Waals surface area contributed by atoms with Crippen molar-refractivity contribution < 1.29 is 9.90 Å². The molecule has 1 heterocycles. The Hall–Kier alpha value is -0.900. The van der Waals surface area contributed by atoms with E-state index in [4.69, 9.17) is 5.11 Å². The Kier molecular flexibility index (Phi) is 3.42. The molecule has 4 heteroatoms. The molecule has 0 aromatic carbocycles. The van der Waals surface area contributed by atoms with Crippen LogP contribution in [0, 0.1) is 5.92 Å². The lowest BCUT2D eigenvalue weighted by Crippen LogP contribution is -2.12. The van der Waals surface area contributed by atoms with Gasteiger partial charge in [0.2, 0.25) is 0 Å². The highest BCUT2D eigenvalue weighted by Crippen LogP contribution is 2.10. The van der Waals surface area contributed by atoms with E-state index in [9.17, 15) is 4.79 Å². The maximum absolute atomic E-state index is 10.5. The third-order valence-electron chi connectivity index (χ3n) is 1.73. The van der Waals surface area contributed by atoms with E-state index in [1.807, 2.05) is 12.1 Å². The number of pyridine rings is 1. The van der Waals surface area contributed by atoms with Crippen molar-refractivity contribution >= 4 is 21.9 Å². The number of carboxylic acids is 1. The zero-order valence-corrected chi connectivity index (χ0v) is 8.78. The Morgan fingerprint density at radius 2 is 2.38 bits per heavy atom. The van der Waals surface area contributed by atoms with Crippen LogP contribution in [0.5, 0.6) is 0 Å². The molecule has 0 saturated carbocycles. The lowest BCUT2D eigenvalue weighted by molar-refractivity contribution is -0.141. The first kappa shape index (κ1) is 10.2. The van der Waals surface area contributed by atoms with Crippen LogP contribution in [-0.4, -0.2) is 16.1 Å². The molecule has 1 aromatic rings. The zero-order chi connectivity index (χ0) is 9.84. The Bertz CT molecular complexity index is 297. The van der Waals surface area contributed by atoms with E-state index in [1.54, 1.807) is 13.1 Å². The van der Waals surface area contributed by atoms with E-state index in [-0.39, 0.29) is 5.92 Å². The van der Waals surface area contributed by atoms with Gasteiger partial charge in [0.15, 0.2) is 0 Å². The highest BCUT2D eigenvalue weighted by Gasteiger charge is 2.11. The Morgan fingerprint density at radius 3 is 2.85 bits per heavy atom. The number of carbonyl (C=O) groups is 1. The molecule has 0 aliphatic heterocycles. The first-order valence-electron chi connectivity index (χ1n) is 3.93. The molecule has 0 radical (unpaired) electrons. The molecule has 0 bridgehead atoms. The van der Waals surface area contributed by atoms with Crippen LogP contribution in [0.2, 0.25) is 0 Å². The van der Waals surface area contributed by atoms with Crippen LogP contribution in [-0.2, 0) is 11.2 Å². The van der Waals surface area contributed by atoms with E-state index >= 15 is 0 Å². The van der Waals surface area contributed by atoms with Gasteiger partial charge < -0.3 is 5.11 Å². The molecule has 0 amide bonds. The molecule has 1 aromatic heterocycles. The third-order valence-corrected chi connectivity index (χ3v) is 2.19. The molecule has 1 N–H and O–H groups in total. The quantitative estimate of drug-likeness (QED) is 0.885. The summed E-state index contributed by atoms with van der Waals surface area (Å²) in [6.45, 7) is 1.67. The molecule has 13 heavy (non-hydrogen) atoms. The second kappa shape index (κ2) is 4.37. The average molecular weight is 244 g/mol. The van der Waals surface area contributed by atoms with Gasteiger partial charge in [-0.05, 0) is 28.1 Å². The third kappa shape index (κ3) is 3.14. The minimum Gasteiger partial charge on any atom is -0.481 e. The van der Waals surface area contributed by atoms with Crippen LogP contribution < -0.4 is 0 Å². The van der Waals surface area contributed by atoms with Crippen LogP contribution in [0.15, 0.2) is 22.8 Å². The molecule has 70 valence electrons. The summed E-state index contributed by atoms with van der Waals surface area (Å²) in [5.74, 6) is -1.17. The highest BCUT2D eigenvalue weighted by atomic mass is 79.9.